The van der Waals surface area contributed by atoms with Gasteiger partial charge in [-0.05, 0) is 25.5 Å². The van der Waals surface area contributed by atoms with E-state index in [1.807, 2.05) is 6.92 Å². The molecule has 0 N–H and O–H groups in total. The molecule has 0 spiro atoms. The molecular formula is C17H20N2O5S3. The van der Waals surface area contributed by atoms with Crippen LogP contribution in [0.1, 0.15) is 25.5 Å². The molecule has 0 radical (unpaired) electrons. The van der Waals surface area contributed by atoms with Crippen LogP contribution >= 0.6 is 24.0 Å². The van der Waals surface area contributed by atoms with Crippen LogP contribution in [0, 0.1) is 0 Å². The van der Waals surface area contributed by atoms with Gasteiger partial charge in [0.25, 0.3) is 5.91 Å². The van der Waals surface area contributed by atoms with Crippen molar-refractivity contribution in [2.24, 2.45) is 0 Å². The molecule has 1 aromatic heterocycles. The summed E-state index contributed by atoms with van der Waals surface area (Å²) in [4.78, 5) is 28.6. The smallest absolute Gasteiger partial charge is 0.266 e. The van der Waals surface area contributed by atoms with Crippen molar-refractivity contribution < 1.29 is 22.4 Å². The van der Waals surface area contributed by atoms with Gasteiger partial charge < -0.3 is 9.32 Å². The molecule has 3 rings (SSSR count). The van der Waals surface area contributed by atoms with Crippen LogP contribution in [0.3, 0.4) is 0 Å². The molecule has 1 atom stereocenters. The summed E-state index contributed by atoms with van der Waals surface area (Å²) in [6.45, 7) is 2.44. The molecule has 0 bridgehead atoms. The quantitative estimate of drug-likeness (QED) is 0.505. The molecule has 3 heterocycles. The lowest BCUT2D eigenvalue weighted by molar-refractivity contribution is -0.133. The summed E-state index contributed by atoms with van der Waals surface area (Å²) in [5.74, 6) is 0.281. The number of sulfone groups is 1. The standard InChI is InChI=1S/C17H20N2O5S3/c1-2-18(12-6-9-27(22,23)11-12)15(20)5-7-19-16(21)14(26-17(19)25)10-13-4-3-8-24-13/h3-4,8,10,12H,2,5-7,9,11H2,1H3/b14-10-/t12-/m0/s1. The predicted molar refractivity (Wildman–Crippen MR) is 108 cm³/mol. The van der Waals surface area contributed by atoms with Gasteiger partial charge >= 0.3 is 0 Å². The number of amides is 2. The number of hydrogen-bond acceptors (Lipinski definition) is 7. The fraction of sp³-hybridized carbons (Fsp3) is 0.471. The summed E-state index contributed by atoms with van der Waals surface area (Å²) in [5, 5.41) is 0. The molecule has 0 saturated carbocycles. The highest BCUT2D eigenvalue weighted by Crippen LogP contribution is 2.32. The van der Waals surface area contributed by atoms with Crippen LogP contribution in [0.4, 0.5) is 0 Å². The summed E-state index contributed by atoms with van der Waals surface area (Å²) in [5.41, 5.74) is 0. The monoisotopic (exact) mass is 428 g/mol. The molecule has 7 nitrogen and oxygen atoms in total. The highest BCUT2D eigenvalue weighted by molar-refractivity contribution is 8.26. The van der Waals surface area contributed by atoms with Crippen molar-refractivity contribution in [1.82, 2.24) is 9.80 Å². The summed E-state index contributed by atoms with van der Waals surface area (Å²) in [7, 11) is -3.06. The lowest BCUT2D eigenvalue weighted by atomic mass is 10.2. The Morgan fingerprint density at radius 1 is 1.52 bits per heavy atom. The third kappa shape index (κ3) is 4.61. The van der Waals surface area contributed by atoms with Gasteiger partial charge in [0, 0.05) is 31.6 Å². The third-order valence-corrected chi connectivity index (χ3v) is 7.68. The first-order valence-corrected chi connectivity index (χ1v) is 11.6. The van der Waals surface area contributed by atoms with Gasteiger partial charge in [0.2, 0.25) is 5.91 Å². The van der Waals surface area contributed by atoms with Gasteiger partial charge in [0.1, 0.15) is 10.1 Å². The zero-order valence-corrected chi connectivity index (χ0v) is 17.2. The Morgan fingerprint density at radius 2 is 2.30 bits per heavy atom. The topological polar surface area (TPSA) is 87.9 Å². The lowest BCUT2D eigenvalue weighted by Gasteiger charge is -2.27. The number of carbonyl (C=O) groups is 2. The van der Waals surface area contributed by atoms with Crippen LogP contribution < -0.4 is 0 Å². The highest BCUT2D eigenvalue weighted by atomic mass is 32.2. The summed E-state index contributed by atoms with van der Waals surface area (Å²) < 4.78 is 29.0. The van der Waals surface area contributed by atoms with E-state index >= 15 is 0 Å². The van der Waals surface area contributed by atoms with Crippen LogP contribution in [-0.4, -0.2) is 65.0 Å². The Balaban J connectivity index is 1.61. The van der Waals surface area contributed by atoms with E-state index in [0.717, 1.165) is 0 Å². The number of furan rings is 1. The maximum absolute atomic E-state index is 12.6. The van der Waals surface area contributed by atoms with Crippen LogP contribution in [-0.2, 0) is 19.4 Å². The minimum Gasteiger partial charge on any atom is -0.465 e. The molecule has 2 aliphatic rings. The number of carbonyl (C=O) groups excluding carboxylic acids is 2. The second kappa shape index (κ2) is 8.15. The Hall–Kier alpha value is -1.65. The van der Waals surface area contributed by atoms with Crippen molar-refractivity contribution in [2.45, 2.75) is 25.8 Å². The van der Waals surface area contributed by atoms with Crippen molar-refractivity contribution in [2.75, 3.05) is 24.6 Å². The third-order valence-electron chi connectivity index (χ3n) is 4.55. The fourth-order valence-corrected chi connectivity index (χ4v) is 6.23. The molecule has 2 amide bonds. The van der Waals surface area contributed by atoms with E-state index in [4.69, 9.17) is 16.6 Å². The van der Waals surface area contributed by atoms with E-state index < -0.39 is 9.84 Å². The van der Waals surface area contributed by atoms with Gasteiger partial charge in [0.05, 0.1) is 22.7 Å². The Bertz CT molecular complexity index is 876. The number of hydrogen-bond donors (Lipinski definition) is 0. The molecule has 2 saturated heterocycles. The van der Waals surface area contributed by atoms with Gasteiger partial charge in [0.15, 0.2) is 9.84 Å². The van der Waals surface area contributed by atoms with Crippen molar-refractivity contribution in [1.29, 1.82) is 0 Å². The number of rotatable bonds is 6. The van der Waals surface area contributed by atoms with Crippen molar-refractivity contribution in [3.63, 3.8) is 0 Å². The highest BCUT2D eigenvalue weighted by Gasteiger charge is 2.36. The van der Waals surface area contributed by atoms with E-state index in [0.29, 0.717) is 28.0 Å². The minimum atomic E-state index is -3.06. The van der Waals surface area contributed by atoms with Crippen LogP contribution in [0.5, 0.6) is 0 Å². The SMILES string of the molecule is CCN(C(=O)CCN1C(=O)/C(=C/c2ccco2)SC1=S)[C@H]1CCS(=O)(=O)C1. The lowest BCUT2D eigenvalue weighted by Crippen LogP contribution is -2.42. The van der Waals surface area contributed by atoms with E-state index in [1.54, 1.807) is 23.1 Å². The summed E-state index contributed by atoms with van der Waals surface area (Å²) in [6, 6.07) is 3.19. The minimum absolute atomic E-state index is 0.0134. The zero-order chi connectivity index (χ0) is 19.6. The van der Waals surface area contributed by atoms with Crippen molar-refractivity contribution in [3.8, 4) is 0 Å². The molecule has 146 valence electrons. The first-order valence-electron chi connectivity index (χ1n) is 8.59. The van der Waals surface area contributed by atoms with E-state index in [1.165, 1.54) is 22.9 Å². The van der Waals surface area contributed by atoms with Crippen LogP contribution in [0.2, 0.25) is 0 Å². The number of thioether (sulfide) groups is 1. The van der Waals surface area contributed by atoms with E-state index in [9.17, 15) is 18.0 Å². The van der Waals surface area contributed by atoms with Gasteiger partial charge in [-0.2, -0.15) is 0 Å². The zero-order valence-electron chi connectivity index (χ0n) is 14.8. The maximum atomic E-state index is 12.6. The van der Waals surface area contributed by atoms with Gasteiger partial charge in [-0.15, -0.1) is 0 Å². The summed E-state index contributed by atoms with van der Waals surface area (Å²) >= 11 is 6.44. The molecule has 2 aliphatic heterocycles. The molecule has 27 heavy (non-hydrogen) atoms. The molecule has 10 heteroatoms. The molecule has 1 aromatic rings. The molecule has 2 fully saturated rings. The Labute approximate surface area is 167 Å². The van der Waals surface area contributed by atoms with Crippen molar-refractivity contribution >= 4 is 56.0 Å². The van der Waals surface area contributed by atoms with Gasteiger partial charge in [-0.3, -0.25) is 14.5 Å². The maximum Gasteiger partial charge on any atom is 0.266 e. The molecular weight excluding hydrogens is 408 g/mol. The Kier molecular flexibility index (Phi) is 6.07. The second-order valence-corrected chi connectivity index (χ2v) is 10.2. The second-order valence-electron chi connectivity index (χ2n) is 6.34. The van der Waals surface area contributed by atoms with E-state index in [2.05, 4.69) is 0 Å². The van der Waals surface area contributed by atoms with Crippen molar-refractivity contribution in [3.05, 3.63) is 29.1 Å². The first kappa shape index (κ1) is 20.1. The average Bonchev–Trinajstić information content (AvgIpc) is 3.29. The average molecular weight is 429 g/mol. The van der Waals surface area contributed by atoms with Gasteiger partial charge in [-0.1, -0.05) is 24.0 Å². The number of nitrogens with zero attached hydrogens (tertiary/aromatic N) is 2. The van der Waals surface area contributed by atoms with Gasteiger partial charge in [-0.25, -0.2) is 8.42 Å². The Morgan fingerprint density at radius 3 is 2.89 bits per heavy atom. The van der Waals surface area contributed by atoms with E-state index in [-0.39, 0.29) is 42.3 Å². The largest absolute Gasteiger partial charge is 0.465 e. The molecule has 0 aliphatic carbocycles. The predicted octanol–water partition coefficient (Wildman–Crippen LogP) is 1.91. The van der Waals surface area contributed by atoms with Crippen LogP contribution in [0.25, 0.3) is 6.08 Å². The fourth-order valence-electron chi connectivity index (χ4n) is 3.21. The normalized spacial score (nSPS) is 23.4. The number of thiocarbonyl (C=S) groups is 1. The summed E-state index contributed by atoms with van der Waals surface area (Å²) in [6.07, 6.45) is 3.72. The first-order chi connectivity index (χ1) is 12.8. The molecule has 0 aromatic carbocycles. The molecule has 0 unspecified atom stereocenters. The van der Waals surface area contributed by atoms with Crippen LogP contribution in [0.15, 0.2) is 27.7 Å².